The first kappa shape index (κ1) is 22.1. The summed E-state index contributed by atoms with van der Waals surface area (Å²) < 4.78 is 0. The van der Waals surface area contributed by atoms with Crippen molar-refractivity contribution in [2.75, 3.05) is 22.5 Å². The summed E-state index contributed by atoms with van der Waals surface area (Å²) in [5.41, 5.74) is 0.568. The Labute approximate surface area is 182 Å². The molecule has 0 aliphatic heterocycles. The van der Waals surface area contributed by atoms with Gasteiger partial charge in [0.15, 0.2) is 0 Å². The lowest BCUT2D eigenvalue weighted by molar-refractivity contribution is -0.394. The van der Waals surface area contributed by atoms with E-state index in [1.165, 1.54) is 0 Å². The number of nitro groups is 2. The Morgan fingerprint density at radius 3 is 2.09 bits per heavy atom. The van der Waals surface area contributed by atoms with Crippen LogP contribution in [0.1, 0.15) is 23.0 Å². The van der Waals surface area contributed by atoms with Crippen molar-refractivity contribution in [3.8, 4) is 0 Å². The van der Waals surface area contributed by atoms with Crippen LogP contribution in [0.25, 0.3) is 0 Å². The molecule has 3 aromatic rings. The monoisotopic (exact) mass is 437 g/mol. The van der Waals surface area contributed by atoms with Crippen LogP contribution in [-0.4, -0.2) is 32.3 Å². The molecule has 0 aliphatic carbocycles. The summed E-state index contributed by atoms with van der Waals surface area (Å²) >= 11 is 0. The molecule has 0 spiro atoms. The average Bonchev–Trinajstić information content (AvgIpc) is 2.74. The Hall–Kier alpha value is -4.61. The number of aromatic nitrogens is 2. The van der Waals surface area contributed by atoms with Crippen LogP contribution in [0.5, 0.6) is 0 Å². The summed E-state index contributed by atoms with van der Waals surface area (Å²) in [5, 5.41) is 30.8. The number of nitrogens with zero attached hydrogens (tertiary/aromatic N) is 4. The van der Waals surface area contributed by atoms with E-state index >= 15 is 0 Å². The van der Waals surface area contributed by atoms with Gasteiger partial charge in [0.1, 0.15) is 5.82 Å². The summed E-state index contributed by atoms with van der Waals surface area (Å²) in [6.45, 7) is 4.53. The van der Waals surface area contributed by atoms with Crippen LogP contribution in [0.15, 0.2) is 48.5 Å². The zero-order valence-electron chi connectivity index (χ0n) is 17.2. The molecule has 1 amide bonds. The molecule has 3 N–H and O–H groups in total. The lowest BCUT2D eigenvalue weighted by Gasteiger charge is -2.10. The fourth-order valence-electron chi connectivity index (χ4n) is 2.80. The Morgan fingerprint density at radius 2 is 1.53 bits per heavy atom. The fourth-order valence-corrected chi connectivity index (χ4v) is 2.80. The van der Waals surface area contributed by atoms with Crippen LogP contribution in [-0.2, 0) is 0 Å². The predicted octanol–water partition coefficient (Wildman–Crippen LogP) is 4.03. The topological polar surface area (TPSA) is 165 Å². The maximum Gasteiger partial charge on any atom is 0.277 e. The van der Waals surface area contributed by atoms with Crippen LogP contribution in [0, 0.1) is 27.2 Å². The molecule has 0 saturated carbocycles. The Morgan fingerprint density at radius 1 is 0.938 bits per heavy atom. The quantitative estimate of drug-likeness (QED) is 0.348. The zero-order chi connectivity index (χ0) is 23.3. The van der Waals surface area contributed by atoms with E-state index in [9.17, 15) is 25.0 Å². The molecule has 32 heavy (non-hydrogen) atoms. The van der Waals surface area contributed by atoms with E-state index < -0.39 is 27.1 Å². The molecule has 0 atom stereocenters. The molecule has 2 aromatic carbocycles. The van der Waals surface area contributed by atoms with Crippen molar-refractivity contribution in [1.82, 2.24) is 9.97 Å². The highest BCUT2D eigenvalue weighted by Crippen LogP contribution is 2.24. The third-order valence-electron chi connectivity index (χ3n) is 4.20. The smallest absolute Gasteiger partial charge is 0.277 e. The first-order chi connectivity index (χ1) is 15.2. The van der Waals surface area contributed by atoms with Crippen molar-refractivity contribution >= 4 is 40.4 Å². The molecule has 3 rings (SSSR count). The number of carbonyl (C=O) groups is 1. The van der Waals surface area contributed by atoms with Gasteiger partial charge in [0.2, 0.25) is 5.95 Å². The maximum absolute atomic E-state index is 12.5. The standard InChI is InChI=1S/C20H19N7O5/c1-3-21-18-8-12(2)22-20(25-18)24-15-6-4-14(5-7-15)23-19(28)13-9-16(26(29)30)11-17(10-13)27(31)32/h4-11H,3H2,1-2H3,(H,23,28)(H2,21,22,24,25). The maximum atomic E-state index is 12.5. The second-order valence-electron chi connectivity index (χ2n) is 6.66. The van der Waals surface area contributed by atoms with Gasteiger partial charge < -0.3 is 16.0 Å². The first-order valence-corrected chi connectivity index (χ1v) is 9.47. The summed E-state index contributed by atoms with van der Waals surface area (Å²) in [5.74, 6) is 0.383. The van der Waals surface area contributed by atoms with E-state index in [1.807, 2.05) is 19.9 Å². The van der Waals surface area contributed by atoms with E-state index in [1.54, 1.807) is 24.3 Å². The fraction of sp³-hybridized carbons (Fsp3) is 0.150. The molecule has 0 radical (unpaired) electrons. The molecule has 0 aliphatic rings. The van der Waals surface area contributed by atoms with Crippen molar-refractivity contribution in [3.63, 3.8) is 0 Å². The largest absolute Gasteiger partial charge is 0.370 e. The molecule has 1 aromatic heterocycles. The molecular weight excluding hydrogens is 418 g/mol. The minimum atomic E-state index is -0.793. The van der Waals surface area contributed by atoms with Gasteiger partial charge in [-0.2, -0.15) is 4.98 Å². The highest BCUT2D eigenvalue weighted by molar-refractivity contribution is 6.05. The van der Waals surface area contributed by atoms with Gasteiger partial charge in [0, 0.05) is 41.8 Å². The minimum absolute atomic E-state index is 0.197. The number of nitro benzene ring substituents is 2. The average molecular weight is 437 g/mol. The number of non-ortho nitro benzene ring substituents is 2. The number of rotatable bonds is 8. The van der Waals surface area contributed by atoms with Gasteiger partial charge in [0.25, 0.3) is 17.3 Å². The lowest BCUT2D eigenvalue weighted by Crippen LogP contribution is -2.12. The number of nitrogens with one attached hydrogen (secondary N) is 3. The van der Waals surface area contributed by atoms with Gasteiger partial charge in [-0.05, 0) is 38.1 Å². The zero-order valence-corrected chi connectivity index (χ0v) is 17.2. The molecule has 0 saturated heterocycles. The highest BCUT2D eigenvalue weighted by Gasteiger charge is 2.20. The third-order valence-corrected chi connectivity index (χ3v) is 4.20. The number of anilines is 4. The molecule has 12 nitrogen and oxygen atoms in total. The van der Waals surface area contributed by atoms with Crippen LogP contribution in [0.3, 0.4) is 0 Å². The summed E-state index contributed by atoms with van der Waals surface area (Å²) in [6, 6.07) is 11.2. The van der Waals surface area contributed by atoms with Crippen LogP contribution in [0.4, 0.5) is 34.5 Å². The second-order valence-corrected chi connectivity index (χ2v) is 6.66. The molecule has 0 bridgehead atoms. The molecule has 0 fully saturated rings. The number of hydrogen-bond donors (Lipinski definition) is 3. The predicted molar refractivity (Wildman–Crippen MR) is 118 cm³/mol. The number of amides is 1. The van der Waals surface area contributed by atoms with Crippen LogP contribution in [0.2, 0.25) is 0 Å². The molecule has 1 heterocycles. The van der Waals surface area contributed by atoms with E-state index in [0.717, 1.165) is 30.4 Å². The first-order valence-electron chi connectivity index (χ1n) is 9.47. The lowest BCUT2D eigenvalue weighted by atomic mass is 10.1. The van der Waals surface area contributed by atoms with E-state index in [4.69, 9.17) is 0 Å². The van der Waals surface area contributed by atoms with E-state index in [2.05, 4.69) is 25.9 Å². The normalized spacial score (nSPS) is 10.3. The second kappa shape index (κ2) is 9.47. The van der Waals surface area contributed by atoms with Gasteiger partial charge in [-0.1, -0.05) is 0 Å². The van der Waals surface area contributed by atoms with E-state index in [0.29, 0.717) is 23.1 Å². The molecule has 0 unspecified atom stereocenters. The Kier molecular flexibility index (Phi) is 6.53. The van der Waals surface area contributed by atoms with E-state index in [-0.39, 0.29) is 5.56 Å². The summed E-state index contributed by atoms with van der Waals surface area (Å²) in [6.07, 6.45) is 0. The van der Waals surface area contributed by atoms with Crippen LogP contribution >= 0.6 is 0 Å². The number of aryl methyl sites for hydroxylation is 1. The van der Waals surface area contributed by atoms with Gasteiger partial charge >= 0.3 is 0 Å². The highest BCUT2D eigenvalue weighted by atomic mass is 16.6. The Balaban J connectivity index is 1.74. The third kappa shape index (κ3) is 5.50. The number of hydrogen-bond acceptors (Lipinski definition) is 9. The van der Waals surface area contributed by atoms with Crippen molar-refractivity contribution in [2.24, 2.45) is 0 Å². The van der Waals surface area contributed by atoms with Crippen LogP contribution < -0.4 is 16.0 Å². The van der Waals surface area contributed by atoms with Crippen molar-refractivity contribution in [3.05, 3.63) is 80.0 Å². The van der Waals surface area contributed by atoms with Crippen molar-refractivity contribution in [2.45, 2.75) is 13.8 Å². The SMILES string of the molecule is CCNc1cc(C)nc(Nc2ccc(NC(=O)c3cc([N+](=O)[O-])cc([N+](=O)[O-])c3)cc2)n1. The molecule has 12 heteroatoms. The van der Waals surface area contributed by atoms with Gasteiger partial charge in [-0.15, -0.1) is 0 Å². The molecule has 164 valence electrons. The minimum Gasteiger partial charge on any atom is -0.370 e. The summed E-state index contributed by atoms with van der Waals surface area (Å²) in [4.78, 5) is 41.6. The number of carbonyl (C=O) groups excluding carboxylic acids is 1. The summed E-state index contributed by atoms with van der Waals surface area (Å²) in [7, 11) is 0. The number of benzene rings is 2. The van der Waals surface area contributed by atoms with Crippen molar-refractivity contribution < 1.29 is 14.6 Å². The van der Waals surface area contributed by atoms with Gasteiger partial charge in [-0.3, -0.25) is 25.0 Å². The van der Waals surface area contributed by atoms with Gasteiger partial charge in [-0.25, -0.2) is 4.98 Å². The van der Waals surface area contributed by atoms with Gasteiger partial charge in [0.05, 0.1) is 21.5 Å². The van der Waals surface area contributed by atoms with Crippen molar-refractivity contribution in [1.29, 1.82) is 0 Å². The molecular formula is C20H19N7O5. The Bertz CT molecular complexity index is 1150.